The van der Waals surface area contributed by atoms with Crippen molar-refractivity contribution >= 4 is 22.4 Å². The number of fused-ring (bicyclic) bond motifs is 2. The lowest BCUT2D eigenvalue weighted by Crippen LogP contribution is -2.06. The maximum absolute atomic E-state index is 4.58. The first-order valence-corrected chi connectivity index (χ1v) is 10.2. The standard InChI is InChI=1S/C22H24N8/c1-3-4-7-23-18-5-6-22-25-11-19(29(22)14-18)15-30-21-8-16(9-24-20(21)12-27-30)17-10-26-28(2)13-17/h5-6,8-14,23H,3-4,7,15H2,1-2H3. The third-order valence-electron chi connectivity index (χ3n) is 5.29. The maximum Gasteiger partial charge on any atom is 0.137 e. The molecule has 0 bridgehead atoms. The lowest BCUT2D eigenvalue weighted by molar-refractivity contribution is 0.692. The molecule has 1 N–H and O–H groups in total. The Kier molecular flexibility index (Phi) is 4.66. The van der Waals surface area contributed by atoms with Gasteiger partial charge in [-0.15, -0.1) is 0 Å². The minimum atomic E-state index is 0.612. The third-order valence-corrected chi connectivity index (χ3v) is 5.29. The van der Waals surface area contributed by atoms with Crippen molar-refractivity contribution < 1.29 is 0 Å². The number of nitrogens with one attached hydrogen (secondary N) is 1. The molecule has 8 heteroatoms. The Balaban J connectivity index is 1.47. The minimum Gasteiger partial charge on any atom is -0.384 e. The number of nitrogens with zero attached hydrogens (tertiary/aromatic N) is 7. The molecule has 5 rings (SSSR count). The van der Waals surface area contributed by atoms with E-state index in [0.29, 0.717) is 6.54 Å². The fourth-order valence-corrected chi connectivity index (χ4v) is 3.63. The van der Waals surface area contributed by atoms with Crippen LogP contribution in [-0.4, -0.2) is 40.5 Å². The maximum atomic E-state index is 4.58. The summed E-state index contributed by atoms with van der Waals surface area (Å²) in [4.78, 5) is 9.13. The summed E-state index contributed by atoms with van der Waals surface area (Å²) >= 11 is 0. The van der Waals surface area contributed by atoms with Gasteiger partial charge >= 0.3 is 0 Å². The van der Waals surface area contributed by atoms with Crippen molar-refractivity contribution in [2.75, 3.05) is 11.9 Å². The normalized spacial score (nSPS) is 11.5. The summed E-state index contributed by atoms with van der Waals surface area (Å²) in [5.74, 6) is 0. The third kappa shape index (κ3) is 3.41. The number of imidazole rings is 1. The van der Waals surface area contributed by atoms with E-state index in [1.807, 2.05) is 48.8 Å². The molecular formula is C22H24N8. The van der Waals surface area contributed by atoms with E-state index in [2.05, 4.69) is 55.1 Å². The molecule has 5 heterocycles. The van der Waals surface area contributed by atoms with Gasteiger partial charge in [-0.1, -0.05) is 13.3 Å². The fourth-order valence-electron chi connectivity index (χ4n) is 3.63. The van der Waals surface area contributed by atoms with Crippen molar-refractivity contribution in [2.24, 2.45) is 7.05 Å². The van der Waals surface area contributed by atoms with Crippen molar-refractivity contribution in [3.63, 3.8) is 0 Å². The number of unbranched alkanes of at least 4 members (excludes halogenated alkanes) is 1. The number of aryl methyl sites for hydroxylation is 1. The molecule has 5 aromatic rings. The second-order valence-corrected chi connectivity index (χ2v) is 7.51. The Hall–Kier alpha value is -3.68. The molecule has 0 fully saturated rings. The molecule has 0 aromatic carbocycles. The molecule has 0 amide bonds. The Bertz CT molecular complexity index is 1310. The smallest absolute Gasteiger partial charge is 0.137 e. The zero-order chi connectivity index (χ0) is 20.5. The van der Waals surface area contributed by atoms with Crippen molar-refractivity contribution in [2.45, 2.75) is 26.3 Å². The zero-order valence-corrected chi connectivity index (χ0v) is 17.2. The Morgan fingerprint density at radius 3 is 2.73 bits per heavy atom. The van der Waals surface area contributed by atoms with Gasteiger partial charge in [-0.25, -0.2) is 4.98 Å². The first kappa shape index (κ1) is 18.4. The van der Waals surface area contributed by atoms with Crippen LogP contribution in [0.5, 0.6) is 0 Å². The average Bonchev–Trinajstić information content (AvgIpc) is 3.47. The van der Waals surface area contributed by atoms with Crippen LogP contribution in [0.25, 0.3) is 27.8 Å². The summed E-state index contributed by atoms with van der Waals surface area (Å²) < 4.78 is 5.89. The summed E-state index contributed by atoms with van der Waals surface area (Å²) in [5.41, 5.74) is 7.02. The fraction of sp³-hybridized carbons (Fsp3) is 0.273. The molecule has 0 aliphatic carbocycles. The minimum absolute atomic E-state index is 0.612. The summed E-state index contributed by atoms with van der Waals surface area (Å²) in [7, 11) is 1.91. The van der Waals surface area contributed by atoms with Crippen molar-refractivity contribution in [1.82, 2.24) is 33.9 Å². The van der Waals surface area contributed by atoms with E-state index in [1.54, 1.807) is 4.68 Å². The predicted octanol–water partition coefficient (Wildman–Crippen LogP) is 3.74. The molecular weight excluding hydrogens is 376 g/mol. The molecule has 8 nitrogen and oxygen atoms in total. The highest BCUT2D eigenvalue weighted by Crippen LogP contribution is 2.23. The van der Waals surface area contributed by atoms with Gasteiger partial charge in [-0.3, -0.25) is 14.3 Å². The Morgan fingerprint density at radius 1 is 0.967 bits per heavy atom. The second-order valence-electron chi connectivity index (χ2n) is 7.51. The van der Waals surface area contributed by atoms with E-state index in [9.17, 15) is 0 Å². The van der Waals surface area contributed by atoms with Gasteiger partial charge in [0.05, 0.1) is 42.0 Å². The topological polar surface area (TPSA) is 77.9 Å². The summed E-state index contributed by atoms with van der Waals surface area (Å²) in [5, 5.41) is 12.3. The quantitative estimate of drug-likeness (QED) is 0.421. The number of pyridine rings is 2. The molecule has 0 saturated heterocycles. The lowest BCUT2D eigenvalue weighted by atomic mass is 10.1. The van der Waals surface area contributed by atoms with Crippen LogP contribution in [0.15, 0.2) is 55.4 Å². The van der Waals surface area contributed by atoms with Gasteiger partial charge < -0.3 is 9.72 Å². The molecule has 0 radical (unpaired) electrons. The summed E-state index contributed by atoms with van der Waals surface area (Å²) in [6, 6.07) is 6.24. The van der Waals surface area contributed by atoms with Gasteiger partial charge in [-0.2, -0.15) is 10.2 Å². The van der Waals surface area contributed by atoms with Gasteiger partial charge in [0.1, 0.15) is 11.2 Å². The number of aromatic nitrogens is 7. The number of hydrogen-bond acceptors (Lipinski definition) is 5. The largest absolute Gasteiger partial charge is 0.384 e. The number of hydrogen-bond donors (Lipinski definition) is 1. The molecule has 0 saturated carbocycles. The van der Waals surface area contributed by atoms with Crippen LogP contribution < -0.4 is 5.32 Å². The highest BCUT2D eigenvalue weighted by atomic mass is 15.3. The van der Waals surface area contributed by atoms with Crippen LogP contribution >= 0.6 is 0 Å². The van der Waals surface area contributed by atoms with Gasteiger partial charge in [0.25, 0.3) is 0 Å². The first-order valence-electron chi connectivity index (χ1n) is 10.2. The monoisotopic (exact) mass is 400 g/mol. The molecule has 0 spiro atoms. The van der Waals surface area contributed by atoms with Crippen LogP contribution in [0.1, 0.15) is 25.5 Å². The molecule has 0 atom stereocenters. The number of rotatable bonds is 7. The number of anilines is 1. The molecule has 5 aromatic heterocycles. The van der Waals surface area contributed by atoms with E-state index in [-0.39, 0.29) is 0 Å². The van der Waals surface area contributed by atoms with Crippen molar-refractivity contribution in [3.8, 4) is 11.1 Å². The second kappa shape index (κ2) is 7.62. The van der Waals surface area contributed by atoms with Crippen molar-refractivity contribution in [1.29, 1.82) is 0 Å². The van der Waals surface area contributed by atoms with E-state index in [4.69, 9.17) is 0 Å². The highest BCUT2D eigenvalue weighted by molar-refractivity contribution is 5.80. The van der Waals surface area contributed by atoms with E-state index in [0.717, 1.165) is 52.2 Å². The highest BCUT2D eigenvalue weighted by Gasteiger charge is 2.11. The van der Waals surface area contributed by atoms with Crippen molar-refractivity contribution in [3.05, 3.63) is 61.1 Å². The first-order chi connectivity index (χ1) is 14.7. The van der Waals surface area contributed by atoms with E-state index in [1.165, 1.54) is 6.42 Å². The molecule has 152 valence electrons. The molecule has 30 heavy (non-hydrogen) atoms. The van der Waals surface area contributed by atoms with Crippen LogP contribution in [0.2, 0.25) is 0 Å². The summed E-state index contributed by atoms with van der Waals surface area (Å²) in [6.45, 7) is 3.78. The van der Waals surface area contributed by atoms with Crippen LogP contribution in [0.3, 0.4) is 0 Å². The molecule has 0 unspecified atom stereocenters. The predicted molar refractivity (Wildman–Crippen MR) is 117 cm³/mol. The Labute approximate surface area is 174 Å². The molecule has 0 aliphatic rings. The molecule has 0 aliphatic heterocycles. The van der Waals surface area contributed by atoms with Crippen LogP contribution in [0, 0.1) is 0 Å². The SMILES string of the molecule is CCCCNc1ccc2ncc(Cn3ncc4ncc(-c5cnn(C)c5)cc43)n2c1. The van der Waals surface area contributed by atoms with Crippen LogP contribution in [0.4, 0.5) is 5.69 Å². The van der Waals surface area contributed by atoms with Crippen LogP contribution in [-0.2, 0) is 13.6 Å². The average molecular weight is 400 g/mol. The van der Waals surface area contributed by atoms with Gasteiger partial charge in [0.15, 0.2) is 0 Å². The van der Waals surface area contributed by atoms with Gasteiger partial charge in [0, 0.05) is 43.3 Å². The van der Waals surface area contributed by atoms with E-state index >= 15 is 0 Å². The van der Waals surface area contributed by atoms with Gasteiger partial charge in [0.2, 0.25) is 0 Å². The Morgan fingerprint density at radius 2 is 1.90 bits per heavy atom. The lowest BCUT2D eigenvalue weighted by Gasteiger charge is -2.08. The summed E-state index contributed by atoms with van der Waals surface area (Å²) in [6.07, 6.45) is 13.9. The van der Waals surface area contributed by atoms with E-state index < -0.39 is 0 Å². The zero-order valence-electron chi connectivity index (χ0n) is 17.2. The van der Waals surface area contributed by atoms with Gasteiger partial charge in [-0.05, 0) is 24.6 Å².